The van der Waals surface area contributed by atoms with Crippen LogP contribution in [0.1, 0.15) is 32.4 Å². The average molecular weight is 401 g/mol. The number of halogens is 1. The zero-order valence-electron chi connectivity index (χ0n) is 13.3. The molecule has 2 aromatic heterocycles. The smallest absolute Gasteiger partial charge is 0.274 e. The van der Waals surface area contributed by atoms with Crippen LogP contribution >= 0.6 is 27.3 Å². The Kier molecular flexibility index (Phi) is 5.33. The van der Waals surface area contributed by atoms with Crippen molar-refractivity contribution in [1.82, 2.24) is 20.7 Å². The van der Waals surface area contributed by atoms with Crippen molar-refractivity contribution >= 4 is 27.3 Å². The summed E-state index contributed by atoms with van der Waals surface area (Å²) in [6.45, 7) is 7.06. The monoisotopic (exact) mass is 400 g/mol. The summed E-state index contributed by atoms with van der Waals surface area (Å²) in [5, 5.41) is 11.8. The second-order valence-electron chi connectivity index (χ2n) is 6.27. The fraction of sp³-hybridized carbons (Fsp3) is 0.667. The van der Waals surface area contributed by atoms with Gasteiger partial charge >= 0.3 is 0 Å². The molecule has 2 aromatic rings. The number of piperidine rings is 1. The van der Waals surface area contributed by atoms with E-state index < -0.39 is 0 Å². The van der Waals surface area contributed by atoms with Crippen molar-refractivity contribution in [2.75, 3.05) is 19.7 Å². The second-order valence-corrected chi connectivity index (χ2v) is 8.64. The Morgan fingerprint density at radius 3 is 3.04 bits per heavy atom. The van der Waals surface area contributed by atoms with Gasteiger partial charge in [-0.15, -0.1) is 5.10 Å². The molecule has 8 heteroatoms. The van der Waals surface area contributed by atoms with Gasteiger partial charge in [0, 0.05) is 10.7 Å². The molecular formula is C15H21BrN4O2S. The molecule has 3 heterocycles. The van der Waals surface area contributed by atoms with Gasteiger partial charge in [-0.3, -0.25) is 0 Å². The maximum Gasteiger partial charge on any atom is 0.274 e. The third kappa shape index (κ3) is 3.59. The van der Waals surface area contributed by atoms with E-state index in [0.717, 1.165) is 35.5 Å². The van der Waals surface area contributed by atoms with Crippen molar-refractivity contribution in [3.05, 3.63) is 21.9 Å². The first kappa shape index (κ1) is 16.9. The topological polar surface area (TPSA) is 73.1 Å². The summed E-state index contributed by atoms with van der Waals surface area (Å²) in [4.78, 5) is 4.23. The van der Waals surface area contributed by atoms with Crippen LogP contribution in [-0.4, -0.2) is 35.1 Å². The molecule has 0 saturated carbocycles. The molecule has 0 bridgehead atoms. The van der Waals surface area contributed by atoms with Crippen LogP contribution in [0.25, 0.3) is 0 Å². The lowest BCUT2D eigenvalue weighted by molar-refractivity contribution is 0.0902. The van der Waals surface area contributed by atoms with E-state index in [1.54, 1.807) is 12.4 Å². The molecule has 1 N–H and O–H groups in total. The summed E-state index contributed by atoms with van der Waals surface area (Å²) in [6.07, 6.45) is 5.39. The fourth-order valence-corrected chi connectivity index (χ4v) is 4.61. The number of aromatic nitrogens is 3. The van der Waals surface area contributed by atoms with Crippen molar-refractivity contribution in [3.63, 3.8) is 0 Å². The maximum absolute atomic E-state index is 5.86. The lowest BCUT2D eigenvalue weighted by Crippen LogP contribution is -2.50. The Labute approximate surface area is 148 Å². The Balaban J connectivity index is 1.78. The van der Waals surface area contributed by atoms with Gasteiger partial charge in [-0.2, -0.15) is 0 Å². The Bertz CT molecular complexity index is 619. The number of ether oxygens (including phenoxy) is 1. The summed E-state index contributed by atoms with van der Waals surface area (Å²) in [5.41, 5.74) is -0.0859. The molecule has 1 aliphatic heterocycles. The highest BCUT2D eigenvalue weighted by Gasteiger charge is 2.46. The first-order valence-electron chi connectivity index (χ1n) is 7.84. The van der Waals surface area contributed by atoms with E-state index in [9.17, 15) is 0 Å². The van der Waals surface area contributed by atoms with Crippen molar-refractivity contribution in [1.29, 1.82) is 0 Å². The molecule has 0 aliphatic carbocycles. The van der Waals surface area contributed by atoms with Gasteiger partial charge in [0.2, 0.25) is 0 Å². The molecule has 2 unspecified atom stereocenters. The van der Waals surface area contributed by atoms with E-state index in [0.29, 0.717) is 23.6 Å². The van der Waals surface area contributed by atoms with Gasteiger partial charge in [-0.1, -0.05) is 25.2 Å². The number of thiazole rings is 1. The van der Waals surface area contributed by atoms with E-state index in [2.05, 4.69) is 50.4 Å². The van der Waals surface area contributed by atoms with Crippen LogP contribution in [0.2, 0.25) is 0 Å². The molecule has 0 amide bonds. The van der Waals surface area contributed by atoms with Crippen LogP contribution in [0.4, 0.5) is 0 Å². The quantitative estimate of drug-likeness (QED) is 0.801. The van der Waals surface area contributed by atoms with E-state index >= 15 is 0 Å². The zero-order chi connectivity index (χ0) is 16.3. The average Bonchev–Trinajstić information content (AvgIpc) is 3.19. The highest BCUT2D eigenvalue weighted by molar-refractivity contribution is 9.11. The molecular weight excluding hydrogens is 380 g/mol. The highest BCUT2D eigenvalue weighted by atomic mass is 79.9. The summed E-state index contributed by atoms with van der Waals surface area (Å²) < 4.78 is 12.3. The van der Waals surface area contributed by atoms with E-state index in [1.165, 1.54) is 11.3 Å². The molecule has 23 heavy (non-hydrogen) atoms. The van der Waals surface area contributed by atoms with Gasteiger partial charge in [0.1, 0.15) is 0 Å². The minimum absolute atomic E-state index is 0.0859. The molecule has 126 valence electrons. The van der Waals surface area contributed by atoms with E-state index in [1.807, 2.05) is 0 Å². The molecule has 1 saturated heterocycles. The van der Waals surface area contributed by atoms with Crippen LogP contribution in [0, 0.1) is 11.8 Å². The molecule has 1 fully saturated rings. The second kappa shape index (κ2) is 7.27. The molecule has 1 aliphatic rings. The van der Waals surface area contributed by atoms with Crippen molar-refractivity contribution in [2.45, 2.75) is 32.1 Å². The third-order valence-electron chi connectivity index (χ3n) is 4.71. The highest BCUT2D eigenvalue weighted by Crippen LogP contribution is 2.44. The predicted molar refractivity (Wildman–Crippen MR) is 91.7 cm³/mol. The summed E-state index contributed by atoms with van der Waals surface area (Å²) in [5.74, 6) is 1.86. The van der Waals surface area contributed by atoms with Crippen LogP contribution in [0.3, 0.4) is 0 Å². The normalized spacial score (nSPS) is 25.0. The Hall–Kier alpha value is -0.990. The van der Waals surface area contributed by atoms with Crippen LogP contribution in [-0.2, 0) is 5.41 Å². The van der Waals surface area contributed by atoms with Crippen molar-refractivity contribution in [3.8, 4) is 5.19 Å². The first-order valence-corrected chi connectivity index (χ1v) is 9.45. The minimum atomic E-state index is -0.0859. The van der Waals surface area contributed by atoms with Gasteiger partial charge < -0.3 is 14.6 Å². The lowest BCUT2D eigenvalue weighted by Gasteiger charge is -2.44. The van der Waals surface area contributed by atoms with Crippen LogP contribution in [0.5, 0.6) is 5.19 Å². The lowest BCUT2D eigenvalue weighted by atomic mass is 9.63. The SMILES string of the molecule is CC(C)C1CNCCC1(CCOc1ncc(Br)s1)c1cnno1. The molecule has 3 rings (SSSR count). The number of hydrogen-bond acceptors (Lipinski definition) is 7. The number of nitrogens with one attached hydrogen (secondary N) is 1. The summed E-state index contributed by atoms with van der Waals surface area (Å²) in [6, 6.07) is 0. The van der Waals surface area contributed by atoms with E-state index in [4.69, 9.17) is 9.26 Å². The van der Waals surface area contributed by atoms with Crippen LogP contribution < -0.4 is 10.1 Å². The van der Waals surface area contributed by atoms with Gasteiger partial charge in [0.15, 0.2) is 5.76 Å². The van der Waals surface area contributed by atoms with Gasteiger partial charge in [0.25, 0.3) is 5.19 Å². The molecule has 0 aromatic carbocycles. The Morgan fingerprint density at radius 2 is 2.39 bits per heavy atom. The van der Waals surface area contributed by atoms with Gasteiger partial charge in [-0.05, 0) is 53.7 Å². The third-order valence-corrected chi connectivity index (χ3v) is 6.10. The standard InChI is InChI=1S/C15H21BrN4O2S/c1-10(2)11-7-17-5-3-15(11,12-8-19-20-22-12)4-6-21-14-18-9-13(16)23-14/h8-11,17H,3-7H2,1-2H3. The summed E-state index contributed by atoms with van der Waals surface area (Å²) >= 11 is 4.91. The number of hydrogen-bond donors (Lipinski definition) is 1. The van der Waals surface area contributed by atoms with E-state index in [-0.39, 0.29) is 5.41 Å². The zero-order valence-corrected chi connectivity index (χ0v) is 15.7. The first-order chi connectivity index (χ1) is 11.1. The molecule has 2 atom stereocenters. The maximum atomic E-state index is 5.86. The minimum Gasteiger partial charge on any atom is -0.470 e. The predicted octanol–water partition coefficient (Wildman–Crippen LogP) is 3.26. The van der Waals surface area contributed by atoms with Crippen molar-refractivity contribution in [2.24, 2.45) is 11.8 Å². The number of rotatable bonds is 6. The fourth-order valence-electron chi connectivity index (χ4n) is 3.58. The molecule has 0 spiro atoms. The molecule has 6 nitrogen and oxygen atoms in total. The summed E-state index contributed by atoms with van der Waals surface area (Å²) in [7, 11) is 0. The largest absolute Gasteiger partial charge is 0.470 e. The van der Waals surface area contributed by atoms with Gasteiger partial charge in [-0.25, -0.2) is 4.98 Å². The van der Waals surface area contributed by atoms with Crippen LogP contribution in [0.15, 0.2) is 20.7 Å². The van der Waals surface area contributed by atoms with Gasteiger partial charge in [0.05, 0.1) is 22.8 Å². The van der Waals surface area contributed by atoms with Crippen molar-refractivity contribution < 1.29 is 9.26 Å². The Morgan fingerprint density at radius 1 is 1.52 bits per heavy atom. The molecule has 0 radical (unpaired) electrons. The number of nitrogens with zero attached hydrogens (tertiary/aromatic N) is 3.